The molecule has 3 aromatic rings. The molecule has 3 rings (SSSR count). The summed E-state index contributed by atoms with van der Waals surface area (Å²) in [6, 6.07) is 7.65. The molecule has 0 spiro atoms. The molecule has 0 saturated heterocycles. The van der Waals surface area contributed by atoms with E-state index in [1.165, 1.54) is 0 Å². The molecule has 6 nitrogen and oxygen atoms in total. The minimum atomic E-state index is -1.18. The lowest BCUT2D eigenvalue weighted by atomic mass is 10.2. The van der Waals surface area contributed by atoms with E-state index in [0.29, 0.717) is 11.2 Å². The van der Waals surface area contributed by atoms with E-state index in [9.17, 15) is 4.79 Å². The van der Waals surface area contributed by atoms with Crippen LogP contribution in [0.2, 0.25) is 0 Å². The van der Waals surface area contributed by atoms with Crippen molar-refractivity contribution in [2.24, 2.45) is 7.05 Å². The first kappa shape index (κ1) is 9.71. The number of hydrogen-bond acceptors (Lipinski definition) is 4. The highest BCUT2D eigenvalue weighted by Gasteiger charge is 2.14. The van der Waals surface area contributed by atoms with Crippen LogP contribution in [0.15, 0.2) is 24.3 Å². The van der Waals surface area contributed by atoms with Crippen molar-refractivity contribution in [1.82, 2.24) is 19.7 Å². The molecule has 0 unspecified atom stereocenters. The normalized spacial score (nSPS) is 11.1. The van der Waals surface area contributed by atoms with Crippen LogP contribution in [0.4, 0.5) is 0 Å². The molecule has 2 aromatic heterocycles. The molecule has 0 amide bonds. The molecule has 0 atom stereocenters. The van der Waals surface area contributed by atoms with Crippen LogP contribution in [0.1, 0.15) is 10.6 Å². The number of fused-ring (bicyclic) bond motifs is 3. The number of carboxylic acids is 1. The molecule has 84 valence electrons. The van der Waals surface area contributed by atoms with Crippen LogP contribution < -0.4 is 0 Å². The van der Waals surface area contributed by atoms with Crippen molar-refractivity contribution in [3.8, 4) is 0 Å². The number of rotatable bonds is 1. The largest absolute Gasteiger partial charge is 0.475 e. The zero-order valence-electron chi connectivity index (χ0n) is 8.95. The second-order valence-electron chi connectivity index (χ2n) is 3.69. The number of carbonyl (C=O) groups is 1. The number of aromatic carboxylic acids is 1. The maximum absolute atomic E-state index is 10.8. The summed E-state index contributed by atoms with van der Waals surface area (Å²) in [6.07, 6.45) is 0. The average Bonchev–Trinajstić information content (AvgIpc) is 2.64. The Hall–Kier alpha value is -2.50. The Morgan fingerprint density at radius 1 is 1.29 bits per heavy atom. The van der Waals surface area contributed by atoms with Crippen LogP contribution in [-0.4, -0.2) is 30.8 Å². The zero-order chi connectivity index (χ0) is 12.0. The molecule has 0 aliphatic carbocycles. The molecule has 2 heterocycles. The lowest BCUT2D eigenvalue weighted by Gasteiger charge is -1.96. The number of hydrogen-bond donors (Lipinski definition) is 1. The highest BCUT2D eigenvalue weighted by atomic mass is 16.4. The summed E-state index contributed by atoms with van der Waals surface area (Å²) in [4.78, 5) is 14.8. The standard InChI is InChI=1S/C11H8N4O2/c1-15-7-5-3-2-4-6(7)8-10(15)12-9(11(16)17)14-13-8/h2-5H,1H3,(H,16,17). The van der Waals surface area contributed by atoms with Gasteiger partial charge in [0.05, 0.1) is 5.52 Å². The van der Waals surface area contributed by atoms with Crippen LogP contribution in [0.25, 0.3) is 22.1 Å². The number of para-hydroxylation sites is 1. The van der Waals surface area contributed by atoms with E-state index in [1.807, 2.05) is 35.9 Å². The van der Waals surface area contributed by atoms with Crippen LogP contribution in [0, 0.1) is 0 Å². The van der Waals surface area contributed by atoms with Crippen molar-refractivity contribution in [2.45, 2.75) is 0 Å². The summed E-state index contributed by atoms with van der Waals surface area (Å²) >= 11 is 0. The molecular formula is C11H8N4O2. The van der Waals surface area contributed by atoms with Gasteiger partial charge < -0.3 is 9.67 Å². The van der Waals surface area contributed by atoms with Gasteiger partial charge in [0.2, 0.25) is 0 Å². The summed E-state index contributed by atoms with van der Waals surface area (Å²) in [6.45, 7) is 0. The minimum absolute atomic E-state index is 0.289. The Morgan fingerprint density at radius 3 is 2.82 bits per heavy atom. The average molecular weight is 228 g/mol. The van der Waals surface area contributed by atoms with Gasteiger partial charge in [0.1, 0.15) is 5.52 Å². The van der Waals surface area contributed by atoms with Gasteiger partial charge in [-0.15, -0.1) is 10.2 Å². The van der Waals surface area contributed by atoms with Crippen molar-refractivity contribution in [1.29, 1.82) is 0 Å². The molecule has 0 aliphatic rings. The van der Waals surface area contributed by atoms with Gasteiger partial charge in [0, 0.05) is 12.4 Å². The third-order valence-corrected chi connectivity index (χ3v) is 2.70. The smallest absolute Gasteiger partial charge is 0.375 e. The Kier molecular flexibility index (Phi) is 1.85. The van der Waals surface area contributed by atoms with Gasteiger partial charge in [0.15, 0.2) is 5.65 Å². The molecule has 0 fully saturated rings. The maximum Gasteiger partial charge on any atom is 0.375 e. The van der Waals surface area contributed by atoms with Gasteiger partial charge in [-0.3, -0.25) is 0 Å². The highest BCUT2D eigenvalue weighted by molar-refractivity contribution is 6.04. The van der Waals surface area contributed by atoms with Crippen LogP contribution in [0.3, 0.4) is 0 Å². The van der Waals surface area contributed by atoms with E-state index in [-0.39, 0.29) is 5.82 Å². The molecule has 0 radical (unpaired) electrons. The van der Waals surface area contributed by atoms with Gasteiger partial charge in [0.25, 0.3) is 5.82 Å². The van der Waals surface area contributed by atoms with Crippen molar-refractivity contribution in [3.63, 3.8) is 0 Å². The SMILES string of the molecule is Cn1c2ccccc2c2nnc(C(=O)O)nc21. The van der Waals surface area contributed by atoms with E-state index in [1.54, 1.807) is 0 Å². The van der Waals surface area contributed by atoms with Crippen molar-refractivity contribution in [2.75, 3.05) is 0 Å². The first-order valence-electron chi connectivity index (χ1n) is 4.99. The number of benzene rings is 1. The summed E-state index contributed by atoms with van der Waals surface area (Å²) in [5.74, 6) is -1.46. The topological polar surface area (TPSA) is 80.9 Å². The van der Waals surface area contributed by atoms with E-state index >= 15 is 0 Å². The Bertz CT molecular complexity index is 748. The van der Waals surface area contributed by atoms with Gasteiger partial charge in [-0.05, 0) is 6.07 Å². The van der Waals surface area contributed by atoms with Crippen molar-refractivity contribution in [3.05, 3.63) is 30.1 Å². The molecule has 0 saturated carbocycles. The van der Waals surface area contributed by atoms with Gasteiger partial charge in [-0.1, -0.05) is 18.2 Å². The second kappa shape index (κ2) is 3.24. The van der Waals surface area contributed by atoms with Crippen molar-refractivity contribution < 1.29 is 9.90 Å². The third-order valence-electron chi connectivity index (χ3n) is 2.70. The van der Waals surface area contributed by atoms with Crippen LogP contribution >= 0.6 is 0 Å². The molecule has 17 heavy (non-hydrogen) atoms. The lowest BCUT2D eigenvalue weighted by Crippen LogP contribution is -2.06. The third kappa shape index (κ3) is 1.27. The Balaban J connectivity index is 2.49. The maximum atomic E-state index is 10.8. The monoisotopic (exact) mass is 228 g/mol. The van der Waals surface area contributed by atoms with Crippen molar-refractivity contribution >= 4 is 28.0 Å². The number of carboxylic acid groups (broad SMARTS) is 1. The number of aryl methyl sites for hydroxylation is 1. The number of aromatic nitrogens is 4. The number of nitrogens with zero attached hydrogens (tertiary/aromatic N) is 4. The minimum Gasteiger partial charge on any atom is -0.475 e. The highest BCUT2D eigenvalue weighted by Crippen LogP contribution is 2.24. The molecule has 1 aromatic carbocycles. The fourth-order valence-electron chi connectivity index (χ4n) is 1.90. The van der Waals surface area contributed by atoms with E-state index in [0.717, 1.165) is 10.9 Å². The molecule has 1 N–H and O–H groups in total. The summed E-state index contributed by atoms with van der Waals surface area (Å²) in [5, 5.41) is 17.3. The quantitative estimate of drug-likeness (QED) is 0.677. The fourth-order valence-corrected chi connectivity index (χ4v) is 1.90. The van der Waals surface area contributed by atoms with Gasteiger partial charge in [-0.2, -0.15) is 0 Å². The zero-order valence-corrected chi connectivity index (χ0v) is 8.95. The van der Waals surface area contributed by atoms with Gasteiger partial charge >= 0.3 is 5.97 Å². The summed E-state index contributed by atoms with van der Waals surface area (Å²) in [7, 11) is 1.82. The first-order valence-corrected chi connectivity index (χ1v) is 4.99. The van der Waals surface area contributed by atoms with E-state index in [4.69, 9.17) is 5.11 Å². The molecule has 6 heteroatoms. The second-order valence-corrected chi connectivity index (χ2v) is 3.69. The first-order chi connectivity index (χ1) is 8.18. The fraction of sp³-hybridized carbons (Fsp3) is 0.0909. The van der Waals surface area contributed by atoms with Crippen LogP contribution in [-0.2, 0) is 7.05 Å². The van der Waals surface area contributed by atoms with E-state index < -0.39 is 5.97 Å². The lowest BCUT2D eigenvalue weighted by molar-refractivity contribution is 0.0682. The predicted molar refractivity (Wildman–Crippen MR) is 60.8 cm³/mol. The van der Waals surface area contributed by atoms with E-state index in [2.05, 4.69) is 15.2 Å². The van der Waals surface area contributed by atoms with Crippen LogP contribution in [0.5, 0.6) is 0 Å². The summed E-state index contributed by atoms with van der Waals surface area (Å²) < 4.78 is 1.81. The summed E-state index contributed by atoms with van der Waals surface area (Å²) in [5.41, 5.74) is 2.10. The molecule has 0 aliphatic heterocycles. The molecular weight excluding hydrogens is 220 g/mol. The van der Waals surface area contributed by atoms with Gasteiger partial charge in [-0.25, -0.2) is 9.78 Å². The Labute approximate surface area is 95.5 Å². The predicted octanol–water partition coefficient (Wildman–Crippen LogP) is 1.21. The molecule has 0 bridgehead atoms. The Morgan fingerprint density at radius 2 is 2.06 bits per heavy atom.